The zero-order valence-corrected chi connectivity index (χ0v) is 13.2. The number of hydrogen-bond acceptors (Lipinski definition) is 1. The maximum Gasteiger partial charge on any atom is 0.0420 e. The molecular formula is C21H23N. The van der Waals surface area contributed by atoms with E-state index in [4.69, 9.17) is 0 Å². The third kappa shape index (κ3) is 3.14. The summed E-state index contributed by atoms with van der Waals surface area (Å²) in [6.07, 6.45) is 3.76. The van der Waals surface area contributed by atoms with Crippen molar-refractivity contribution in [3.63, 3.8) is 0 Å². The fourth-order valence-corrected chi connectivity index (χ4v) is 2.93. The Morgan fingerprint density at radius 3 is 2.36 bits per heavy atom. The first-order valence-corrected chi connectivity index (χ1v) is 8.21. The Kier molecular flexibility index (Phi) is 4.75. The summed E-state index contributed by atoms with van der Waals surface area (Å²) >= 11 is 0. The quantitative estimate of drug-likeness (QED) is 0.540. The smallest absolute Gasteiger partial charge is 0.0420 e. The van der Waals surface area contributed by atoms with E-state index in [1.807, 2.05) is 0 Å². The molecule has 0 aromatic heterocycles. The molecule has 0 atom stereocenters. The Labute approximate surface area is 133 Å². The molecule has 0 saturated heterocycles. The van der Waals surface area contributed by atoms with Crippen LogP contribution in [0.5, 0.6) is 0 Å². The van der Waals surface area contributed by atoms with Crippen LogP contribution in [0.2, 0.25) is 0 Å². The third-order valence-corrected chi connectivity index (χ3v) is 4.10. The van der Waals surface area contributed by atoms with E-state index in [-0.39, 0.29) is 0 Å². The van der Waals surface area contributed by atoms with Crippen molar-refractivity contribution in [2.24, 2.45) is 0 Å². The Bertz CT molecular complexity index is 740. The number of unbranched alkanes of at least 4 members (excludes halogenated alkanes) is 2. The van der Waals surface area contributed by atoms with Crippen LogP contribution in [0.3, 0.4) is 0 Å². The average molecular weight is 289 g/mol. The predicted octanol–water partition coefficient (Wildman–Crippen LogP) is 6.11. The molecular weight excluding hydrogens is 266 g/mol. The lowest BCUT2D eigenvalue weighted by molar-refractivity contribution is 0.744. The summed E-state index contributed by atoms with van der Waals surface area (Å²) in [6.45, 7) is 3.28. The molecule has 22 heavy (non-hydrogen) atoms. The maximum absolute atomic E-state index is 3.61. The van der Waals surface area contributed by atoms with Gasteiger partial charge in [-0.3, -0.25) is 0 Å². The van der Waals surface area contributed by atoms with Crippen LogP contribution >= 0.6 is 0 Å². The molecule has 0 amide bonds. The van der Waals surface area contributed by atoms with Crippen LogP contribution in [-0.2, 0) is 0 Å². The highest BCUT2D eigenvalue weighted by atomic mass is 14.9. The second-order valence-corrected chi connectivity index (χ2v) is 5.71. The van der Waals surface area contributed by atoms with Crippen molar-refractivity contribution >= 4 is 16.5 Å². The molecule has 0 aliphatic rings. The SMILES string of the molecule is CCCCCNc1ccccc1-c1cccc2ccccc12. The van der Waals surface area contributed by atoms with Crippen molar-refractivity contribution in [2.75, 3.05) is 11.9 Å². The van der Waals surface area contributed by atoms with Gasteiger partial charge in [0.1, 0.15) is 0 Å². The summed E-state index contributed by atoms with van der Waals surface area (Å²) in [7, 11) is 0. The van der Waals surface area contributed by atoms with E-state index in [1.165, 1.54) is 46.8 Å². The monoisotopic (exact) mass is 289 g/mol. The van der Waals surface area contributed by atoms with E-state index in [9.17, 15) is 0 Å². The number of anilines is 1. The Morgan fingerprint density at radius 1 is 0.727 bits per heavy atom. The van der Waals surface area contributed by atoms with Crippen molar-refractivity contribution in [1.29, 1.82) is 0 Å². The van der Waals surface area contributed by atoms with Crippen LogP contribution in [0.4, 0.5) is 5.69 Å². The number of hydrogen-bond donors (Lipinski definition) is 1. The molecule has 1 nitrogen and oxygen atoms in total. The molecule has 0 bridgehead atoms. The number of fused-ring (bicyclic) bond motifs is 1. The van der Waals surface area contributed by atoms with E-state index in [0.29, 0.717) is 0 Å². The summed E-state index contributed by atoms with van der Waals surface area (Å²) in [6, 6.07) is 23.8. The summed E-state index contributed by atoms with van der Waals surface area (Å²) in [4.78, 5) is 0. The minimum Gasteiger partial charge on any atom is -0.385 e. The van der Waals surface area contributed by atoms with Crippen LogP contribution in [-0.4, -0.2) is 6.54 Å². The molecule has 1 heteroatoms. The lowest BCUT2D eigenvalue weighted by Crippen LogP contribution is -2.02. The molecule has 3 aromatic rings. The van der Waals surface area contributed by atoms with Gasteiger partial charge in [-0.1, -0.05) is 80.4 Å². The average Bonchev–Trinajstić information content (AvgIpc) is 2.59. The molecule has 3 aromatic carbocycles. The fraction of sp³-hybridized carbons (Fsp3) is 0.238. The molecule has 1 N–H and O–H groups in total. The summed E-state index contributed by atoms with van der Waals surface area (Å²) < 4.78 is 0. The molecule has 0 aliphatic carbocycles. The maximum atomic E-state index is 3.61. The van der Waals surface area contributed by atoms with Crippen LogP contribution in [0.15, 0.2) is 66.7 Å². The van der Waals surface area contributed by atoms with Crippen LogP contribution in [0.1, 0.15) is 26.2 Å². The van der Waals surface area contributed by atoms with Gasteiger partial charge in [-0.05, 0) is 28.8 Å². The number of nitrogens with one attached hydrogen (secondary N) is 1. The van der Waals surface area contributed by atoms with Crippen LogP contribution < -0.4 is 5.32 Å². The van der Waals surface area contributed by atoms with Gasteiger partial charge in [0.25, 0.3) is 0 Å². The Hall–Kier alpha value is -2.28. The van der Waals surface area contributed by atoms with Gasteiger partial charge in [-0.15, -0.1) is 0 Å². The van der Waals surface area contributed by atoms with Gasteiger partial charge in [0.15, 0.2) is 0 Å². The van der Waals surface area contributed by atoms with Gasteiger partial charge in [0.2, 0.25) is 0 Å². The van der Waals surface area contributed by atoms with E-state index >= 15 is 0 Å². The van der Waals surface area contributed by atoms with Gasteiger partial charge >= 0.3 is 0 Å². The molecule has 3 rings (SSSR count). The third-order valence-electron chi connectivity index (χ3n) is 4.10. The van der Waals surface area contributed by atoms with Gasteiger partial charge in [-0.2, -0.15) is 0 Å². The molecule has 0 unspecified atom stereocenters. The molecule has 0 fully saturated rings. The topological polar surface area (TPSA) is 12.0 Å². The van der Waals surface area contributed by atoms with Gasteiger partial charge in [0.05, 0.1) is 0 Å². The zero-order chi connectivity index (χ0) is 15.2. The van der Waals surface area contributed by atoms with E-state index in [0.717, 1.165) is 6.54 Å². The second kappa shape index (κ2) is 7.13. The highest BCUT2D eigenvalue weighted by Gasteiger charge is 2.07. The predicted molar refractivity (Wildman–Crippen MR) is 97.4 cm³/mol. The lowest BCUT2D eigenvalue weighted by atomic mass is 9.97. The van der Waals surface area contributed by atoms with Crippen molar-refractivity contribution in [3.05, 3.63) is 66.7 Å². The first-order chi connectivity index (χ1) is 10.9. The van der Waals surface area contributed by atoms with Gasteiger partial charge < -0.3 is 5.32 Å². The van der Waals surface area contributed by atoms with Gasteiger partial charge in [0, 0.05) is 17.8 Å². The number of benzene rings is 3. The second-order valence-electron chi connectivity index (χ2n) is 5.71. The van der Waals surface area contributed by atoms with Crippen molar-refractivity contribution < 1.29 is 0 Å². The fourth-order valence-electron chi connectivity index (χ4n) is 2.93. The van der Waals surface area contributed by atoms with Crippen molar-refractivity contribution in [3.8, 4) is 11.1 Å². The van der Waals surface area contributed by atoms with Gasteiger partial charge in [-0.25, -0.2) is 0 Å². The van der Waals surface area contributed by atoms with Crippen molar-refractivity contribution in [1.82, 2.24) is 0 Å². The molecule has 0 radical (unpaired) electrons. The van der Waals surface area contributed by atoms with Crippen molar-refractivity contribution in [2.45, 2.75) is 26.2 Å². The molecule has 0 aliphatic heterocycles. The number of para-hydroxylation sites is 1. The minimum absolute atomic E-state index is 1.04. The Morgan fingerprint density at radius 2 is 1.45 bits per heavy atom. The highest BCUT2D eigenvalue weighted by molar-refractivity contribution is 5.99. The summed E-state index contributed by atoms with van der Waals surface area (Å²) in [5, 5.41) is 6.22. The zero-order valence-electron chi connectivity index (χ0n) is 13.2. The first kappa shape index (κ1) is 14.6. The highest BCUT2D eigenvalue weighted by Crippen LogP contribution is 2.33. The largest absolute Gasteiger partial charge is 0.385 e. The standard InChI is InChI=1S/C21H23N/c1-2-3-8-16-22-21-15-7-6-13-20(21)19-14-9-11-17-10-4-5-12-18(17)19/h4-7,9-15,22H,2-3,8,16H2,1H3. The van der Waals surface area contributed by atoms with Crippen LogP contribution in [0.25, 0.3) is 21.9 Å². The van der Waals surface area contributed by atoms with E-state index < -0.39 is 0 Å². The Balaban J connectivity index is 1.96. The van der Waals surface area contributed by atoms with E-state index in [2.05, 4.69) is 79.0 Å². The normalized spacial score (nSPS) is 10.8. The molecule has 0 heterocycles. The lowest BCUT2D eigenvalue weighted by Gasteiger charge is -2.14. The van der Waals surface area contributed by atoms with E-state index in [1.54, 1.807) is 0 Å². The first-order valence-electron chi connectivity index (χ1n) is 8.21. The molecule has 112 valence electrons. The summed E-state index contributed by atoms with van der Waals surface area (Å²) in [5.74, 6) is 0. The molecule has 0 spiro atoms. The van der Waals surface area contributed by atoms with Crippen LogP contribution in [0, 0.1) is 0 Å². The summed E-state index contributed by atoms with van der Waals surface area (Å²) in [5.41, 5.74) is 3.82. The minimum atomic E-state index is 1.04. The number of rotatable bonds is 6. The molecule has 0 saturated carbocycles.